The molecule has 0 bridgehead atoms. The molecule has 0 spiro atoms. The zero-order valence-corrected chi connectivity index (χ0v) is 21.8. The smallest absolute Gasteiger partial charge is 0.210 e. The Bertz CT molecular complexity index is 996. The van der Waals surface area contributed by atoms with E-state index in [1.54, 1.807) is 0 Å². The van der Waals surface area contributed by atoms with Gasteiger partial charge in [0.2, 0.25) is 11.4 Å². The molecule has 182 valence electrons. The maximum Gasteiger partial charge on any atom is 0.210 e. The van der Waals surface area contributed by atoms with E-state index < -0.39 is 0 Å². The summed E-state index contributed by atoms with van der Waals surface area (Å²) in [5.74, 6) is 0. The standard InChI is InChI=1S/C32H44N2/c1-4-7-10-11-12-13-17-27-19-15-22-29(24-27)32-30(20-9-6-3)25-31(34(32)33)28-21-14-18-26(23-28)16-8-5-2/h14-15,18-19,21-25H,4-13,16-17,20H2,1-3H3. The Kier molecular flexibility index (Phi) is 10.8. The van der Waals surface area contributed by atoms with Crippen LogP contribution in [-0.4, -0.2) is 4.70 Å². The molecule has 2 aromatic carbocycles. The van der Waals surface area contributed by atoms with Gasteiger partial charge >= 0.3 is 0 Å². The summed E-state index contributed by atoms with van der Waals surface area (Å²) in [4.78, 5) is 0. The van der Waals surface area contributed by atoms with Crippen molar-refractivity contribution in [3.8, 4) is 0 Å². The number of unbranched alkanes of at least 4 members (excludes halogenated alkanes) is 7. The second-order valence-electron chi connectivity index (χ2n) is 9.84. The van der Waals surface area contributed by atoms with Gasteiger partial charge in [-0.2, -0.15) is 0 Å². The average molecular weight is 457 g/mol. The third-order valence-corrected chi connectivity index (χ3v) is 6.92. The van der Waals surface area contributed by atoms with E-state index in [4.69, 9.17) is 0 Å². The first kappa shape index (κ1) is 26.1. The first-order valence-electron chi connectivity index (χ1n) is 13.8. The number of hydrogen-bond acceptors (Lipinski definition) is 0. The van der Waals surface area contributed by atoms with Gasteiger partial charge in [0.1, 0.15) is 0 Å². The average Bonchev–Trinajstić information content (AvgIpc) is 3.19. The molecule has 34 heavy (non-hydrogen) atoms. The van der Waals surface area contributed by atoms with Gasteiger partial charge < -0.3 is 5.53 Å². The zero-order valence-electron chi connectivity index (χ0n) is 21.8. The van der Waals surface area contributed by atoms with Crippen LogP contribution in [0.1, 0.15) is 114 Å². The van der Waals surface area contributed by atoms with Gasteiger partial charge in [0.05, 0.1) is 0 Å². The zero-order chi connectivity index (χ0) is 24.2. The lowest BCUT2D eigenvalue weighted by Crippen LogP contribution is -2.03. The van der Waals surface area contributed by atoms with Crippen LogP contribution in [0.15, 0.2) is 60.2 Å². The minimum absolute atomic E-state index is 0.903. The number of hydrogen-bond donors (Lipinski definition) is 0. The fourth-order valence-corrected chi connectivity index (χ4v) is 4.87. The Morgan fingerprint density at radius 1 is 0.618 bits per heavy atom. The van der Waals surface area contributed by atoms with Crippen LogP contribution in [-0.2, 0) is 12.8 Å². The maximum atomic E-state index is 11.4. The van der Waals surface area contributed by atoms with Crippen molar-refractivity contribution in [3.05, 3.63) is 88.0 Å². The molecule has 0 saturated carbocycles. The summed E-state index contributed by atoms with van der Waals surface area (Å²) >= 11 is 0. The topological polar surface area (TPSA) is 25.3 Å². The number of aryl methyl sites for hydroxylation is 2. The van der Waals surface area contributed by atoms with Crippen LogP contribution >= 0.6 is 0 Å². The van der Waals surface area contributed by atoms with E-state index in [1.165, 1.54) is 72.8 Å². The molecule has 2 nitrogen and oxygen atoms in total. The molecule has 0 fully saturated rings. The van der Waals surface area contributed by atoms with Crippen LogP contribution < -0.4 is 0 Å². The molecule has 1 aliphatic rings. The predicted octanol–water partition coefficient (Wildman–Crippen LogP) is 9.92. The molecule has 1 heterocycles. The van der Waals surface area contributed by atoms with Crippen molar-refractivity contribution in [2.75, 3.05) is 0 Å². The molecular weight excluding hydrogens is 412 g/mol. The highest BCUT2D eigenvalue weighted by Gasteiger charge is 2.28. The summed E-state index contributed by atoms with van der Waals surface area (Å²) in [5.41, 5.74) is 19.5. The number of benzene rings is 2. The molecule has 1 aliphatic heterocycles. The normalized spacial score (nSPS) is 13.6. The van der Waals surface area contributed by atoms with Crippen molar-refractivity contribution >= 4 is 11.4 Å². The van der Waals surface area contributed by atoms with E-state index in [2.05, 4.69) is 75.4 Å². The molecule has 0 radical (unpaired) electrons. The highest BCUT2D eigenvalue weighted by molar-refractivity contribution is 5.78. The van der Waals surface area contributed by atoms with Gasteiger partial charge in [-0.15, -0.1) is 0 Å². The third-order valence-electron chi connectivity index (χ3n) is 6.92. The molecule has 2 heteroatoms. The fraction of sp³-hybridized carbons (Fsp3) is 0.500. The van der Waals surface area contributed by atoms with Gasteiger partial charge in [0.15, 0.2) is 0 Å². The molecule has 0 N–H and O–H groups in total. The van der Waals surface area contributed by atoms with Crippen LogP contribution in [0.25, 0.3) is 16.9 Å². The molecule has 0 atom stereocenters. The summed E-state index contributed by atoms with van der Waals surface area (Å²) < 4.78 is 1.45. The largest absolute Gasteiger partial charge is 0.493 e. The summed E-state index contributed by atoms with van der Waals surface area (Å²) in [6.45, 7) is 6.73. The summed E-state index contributed by atoms with van der Waals surface area (Å²) in [7, 11) is 0. The van der Waals surface area contributed by atoms with E-state index in [0.29, 0.717) is 0 Å². The lowest BCUT2D eigenvalue weighted by Gasteiger charge is -2.11. The molecule has 0 aliphatic carbocycles. The minimum atomic E-state index is 0.903. The van der Waals surface area contributed by atoms with Crippen LogP contribution in [0.5, 0.6) is 0 Å². The van der Waals surface area contributed by atoms with Crippen molar-refractivity contribution in [1.82, 2.24) is 0 Å². The Morgan fingerprint density at radius 2 is 1.18 bits per heavy atom. The molecule has 0 aromatic heterocycles. The fourth-order valence-electron chi connectivity index (χ4n) is 4.87. The monoisotopic (exact) mass is 456 g/mol. The second kappa shape index (κ2) is 14.0. The van der Waals surface area contributed by atoms with Crippen LogP contribution in [0.4, 0.5) is 0 Å². The van der Waals surface area contributed by atoms with Gasteiger partial charge in [-0.1, -0.05) is 90.0 Å². The highest BCUT2D eigenvalue weighted by atomic mass is 15.2. The lowest BCUT2D eigenvalue weighted by molar-refractivity contribution is -0.344. The quantitative estimate of drug-likeness (QED) is 0.188. The minimum Gasteiger partial charge on any atom is -0.493 e. The first-order chi connectivity index (χ1) is 16.7. The molecule has 3 rings (SSSR count). The van der Waals surface area contributed by atoms with Crippen molar-refractivity contribution in [1.29, 1.82) is 0 Å². The van der Waals surface area contributed by atoms with Crippen LogP contribution in [0, 0.1) is 0 Å². The molecular formula is C32H44N2. The molecule has 0 saturated heterocycles. The molecule has 0 unspecified atom stereocenters. The predicted molar refractivity (Wildman–Crippen MR) is 147 cm³/mol. The van der Waals surface area contributed by atoms with Crippen molar-refractivity contribution in [3.63, 3.8) is 0 Å². The van der Waals surface area contributed by atoms with E-state index >= 15 is 0 Å². The Labute approximate surface area is 208 Å². The SMILES string of the molecule is CCCCCCCCc1cccc(C2=C(CCCC)C=C(c3cccc(CCCC)c3)[N+]2=[N-])c1. The van der Waals surface area contributed by atoms with Crippen molar-refractivity contribution in [2.45, 2.75) is 104 Å². The van der Waals surface area contributed by atoms with E-state index in [0.717, 1.165) is 54.6 Å². The van der Waals surface area contributed by atoms with Crippen molar-refractivity contribution in [2.24, 2.45) is 0 Å². The van der Waals surface area contributed by atoms with Crippen LogP contribution in [0.3, 0.4) is 0 Å². The van der Waals surface area contributed by atoms with Gasteiger partial charge in [-0.05, 0) is 73.9 Å². The van der Waals surface area contributed by atoms with E-state index in [-0.39, 0.29) is 0 Å². The van der Waals surface area contributed by atoms with E-state index in [9.17, 15) is 5.53 Å². The van der Waals surface area contributed by atoms with Crippen molar-refractivity contribution < 1.29 is 4.70 Å². The number of allylic oxidation sites excluding steroid dienone is 2. The van der Waals surface area contributed by atoms with Gasteiger partial charge in [-0.3, -0.25) is 0 Å². The van der Waals surface area contributed by atoms with Gasteiger partial charge in [0, 0.05) is 22.8 Å². The highest BCUT2D eigenvalue weighted by Crippen LogP contribution is 2.37. The molecule has 0 amide bonds. The Hall–Kier alpha value is -2.48. The lowest BCUT2D eigenvalue weighted by atomic mass is 9.99. The second-order valence-corrected chi connectivity index (χ2v) is 9.84. The first-order valence-corrected chi connectivity index (χ1v) is 13.8. The van der Waals surface area contributed by atoms with Gasteiger partial charge in [0.25, 0.3) is 0 Å². The summed E-state index contributed by atoms with van der Waals surface area (Å²) in [6, 6.07) is 17.6. The Balaban J connectivity index is 1.78. The summed E-state index contributed by atoms with van der Waals surface area (Å²) in [5, 5.41) is 0. The third kappa shape index (κ3) is 7.26. The van der Waals surface area contributed by atoms with Crippen LogP contribution in [0.2, 0.25) is 0 Å². The van der Waals surface area contributed by atoms with Gasteiger partial charge in [-0.25, -0.2) is 4.70 Å². The summed E-state index contributed by atoms with van der Waals surface area (Å²) in [6.07, 6.45) is 18.0. The number of nitrogens with zero attached hydrogens (tertiary/aromatic N) is 2. The Morgan fingerprint density at radius 3 is 1.88 bits per heavy atom. The van der Waals surface area contributed by atoms with E-state index in [1.807, 2.05) is 0 Å². The maximum absolute atomic E-state index is 11.4. The number of rotatable bonds is 15. The molecule has 2 aromatic rings.